The van der Waals surface area contributed by atoms with Gasteiger partial charge in [0.2, 0.25) is 0 Å². The molecular weight excluding hydrogens is 543 g/mol. The van der Waals surface area contributed by atoms with E-state index >= 15 is 0 Å². The summed E-state index contributed by atoms with van der Waals surface area (Å²) in [6.45, 7) is 0.198. The van der Waals surface area contributed by atoms with Crippen LogP contribution >= 0.6 is 0 Å². The molecule has 0 bridgehead atoms. The molecular formula is C42H41BN2. The summed E-state index contributed by atoms with van der Waals surface area (Å²) in [4.78, 5) is 5.06. The van der Waals surface area contributed by atoms with Crippen molar-refractivity contribution in [1.29, 1.82) is 0 Å². The summed E-state index contributed by atoms with van der Waals surface area (Å²) in [5, 5.41) is 0. The molecule has 0 atom stereocenters. The van der Waals surface area contributed by atoms with Crippen LogP contribution in [0.15, 0.2) is 115 Å². The number of hydrogen-bond acceptors (Lipinski definition) is 2. The van der Waals surface area contributed by atoms with Gasteiger partial charge in [-0.15, -0.1) is 0 Å². The van der Waals surface area contributed by atoms with Crippen LogP contribution in [0.1, 0.15) is 87.2 Å². The largest absolute Gasteiger partial charge is 0.311 e. The van der Waals surface area contributed by atoms with E-state index in [4.69, 9.17) is 0 Å². The van der Waals surface area contributed by atoms with Crippen LogP contribution in [-0.2, 0) is 0 Å². The molecule has 4 aliphatic rings. The number of fused-ring (bicyclic) bond motifs is 4. The second-order valence-electron chi connectivity index (χ2n) is 13.8. The zero-order valence-electron chi connectivity index (χ0n) is 26.2. The van der Waals surface area contributed by atoms with Crippen molar-refractivity contribution in [3.8, 4) is 0 Å². The van der Waals surface area contributed by atoms with Crippen molar-refractivity contribution in [1.82, 2.24) is 0 Å². The molecule has 5 aromatic rings. The summed E-state index contributed by atoms with van der Waals surface area (Å²) in [6, 6.07) is 44.2. The lowest BCUT2D eigenvalue weighted by Gasteiger charge is -2.44. The summed E-state index contributed by atoms with van der Waals surface area (Å²) in [5.41, 5.74) is 15.0. The van der Waals surface area contributed by atoms with E-state index in [1.807, 2.05) is 0 Å². The number of nitrogens with zero attached hydrogens (tertiary/aromatic N) is 2. The van der Waals surface area contributed by atoms with Crippen molar-refractivity contribution in [2.45, 2.75) is 76.0 Å². The van der Waals surface area contributed by atoms with Crippen molar-refractivity contribution < 1.29 is 0 Å². The Morgan fingerprint density at radius 2 is 0.956 bits per heavy atom. The van der Waals surface area contributed by atoms with Gasteiger partial charge in [0.05, 0.1) is 0 Å². The maximum atomic E-state index is 2.61. The van der Waals surface area contributed by atoms with E-state index in [2.05, 4.69) is 125 Å². The lowest BCUT2D eigenvalue weighted by molar-refractivity contribution is 0.443. The normalized spacial score (nSPS) is 17.9. The van der Waals surface area contributed by atoms with Crippen molar-refractivity contribution in [2.24, 2.45) is 0 Å². The predicted octanol–water partition coefficient (Wildman–Crippen LogP) is 9.86. The highest BCUT2D eigenvalue weighted by Crippen LogP contribution is 2.45. The van der Waals surface area contributed by atoms with E-state index < -0.39 is 0 Å². The van der Waals surface area contributed by atoms with E-state index in [1.54, 1.807) is 0 Å². The van der Waals surface area contributed by atoms with Crippen LogP contribution in [0.4, 0.5) is 34.1 Å². The van der Waals surface area contributed by atoms with Crippen molar-refractivity contribution in [3.63, 3.8) is 0 Å². The Hall–Kier alpha value is -4.24. The summed E-state index contributed by atoms with van der Waals surface area (Å²) in [7, 11) is 0. The summed E-state index contributed by atoms with van der Waals surface area (Å²) < 4.78 is 0. The topological polar surface area (TPSA) is 6.48 Å². The van der Waals surface area contributed by atoms with Gasteiger partial charge in [0.1, 0.15) is 0 Å². The van der Waals surface area contributed by atoms with E-state index in [0.29, 0.717) is 11.8 Å². The highest BCUT2D eigenvalue weighted by molar-refractivity contribution is 7.00. The number of benzene rings is 5. The van der Waals surface area contributed by atoms with Gasteiger partial charge in [-0.05, 0) is 114 Å². The van der Waals surface area contributed by atoms with Gasteiger partial charge in [0.15, 0.2) is 0 Å². The van der Waals surface area contributed by atoms with Crippen molar-refractivity contribution in [3.05, 3.63) is 126 Å². The molecule has 0 spiro atoms. The SMILES string of the molecule is c1ccc(N2c3ccccc3B3c4cc(C5CCCCC5)ccc4N(c4ccc(C5CCCCC5)cc4)c4cccc2c43)cc1. The molecule has 5 aromatic carbocycles. The van der Waals surface area contributed by atoms with E-state index in [0.717, 1.165) is 0 Å². The molecule has 0 amide bonds. The molecule has 0 aromatic heterocycles. The lowest BCUT2D eigenvalue weighted by Crippen LogP contribution is -2.61. The molecule has 2 heterocycles. The Bertz CT molecular complexity index is 1830. The van der Waals surface area contributed by atoms with Gasteiger partial charge < -0.3 is 9.80 Å². The van der Waals surface area contributed by atoms with Crippen LogP contribution in [-0.4, -0.2) is 6.71 Å². The molecule has 2 nitrogen and oxygen atoms in total. The van der Waals surface area contributed by atoms with Crippen molar-refractivity contribution >= 4 is 57.2 Å². The lowest BCUT2D eigenvalue weighted by atomic mass is 9.33. The molecule has 0 radical (unpaired) electrons. The highest BCUT2D eigenvalue weighted by atomic mass is 15.2. The zero-order chi connectivity index (χ0) is 29.7. The number of rotatable bonds is 4. The van der Waals surface area contributed by atoms with Crippen LogP contribution in [0.25, 0.3) is 0 Å². The first-order valence-electron chi connectivity index (χ1n) is 17.5. The van der Waals surface area contributed by atoms with Crippen molar-refractivity contribution in [2.75, 3.05) is 9.80 Å². The average Bonchev–Trinajstić information content (AvgIpc) is 3.12. The average molecular weight is 585 g/mol. The number of anilines is 6. The molecule has 2 saturated carbocycles. The number of hydrogen-bond donors (Lipinski definition) is 0. The van der Waals surface area contributed by atoms with Gasteiger partial charge in [0.25, 0.3) is 6.71 Å². The Labute approximate surface area is 268 Å². The van der Waals surface area contributed by atoms with E-state index in [9.17, 15) is 0 Å². The summed E-state index contributed by atoms with van der Waals surface area (Å²) >= 11 is 0. The molecule has 3 heteroatoms. The Morgan fingerprint density at radius 1 is 0.422 bits per heavy atom. The molecule has 0 saturated heterocycles. The Balaban J connectivity index is 1.25. The first-order chi connectivity index (χ1) is 22.3. The molecule has 0 N–H and O–H groups in total. The van der Waals surface area contributed by atoms with Gasteiger partial charge in [-0.1, -0.05) is 105 Å². The molecule has 45 heavy (non-hydrogen) atoms. The standard InChI is InChI=1S/C42H41BN2/c1-4-13-30(14-5-1)32-23-26-35(27-24-32)45-39-28-25-33(31-15-6-2-7-16-31)29-37(39)43-36-19-10-11-20-38(36)44(34-17-8-3-9-18-34)40-21-12-22-41(45)42(40)43/h3,8-12,17-31H,1-2,4-7,13-16H2. The Morgan fingerprint density at radius 3 is 1.64 bits per heavy atom. The van der Waals surface area contributed by atoms with E-state index in [1.165, 1.54) is 126 Å². The molecule has 2 fully saturated rings. The van der Waals surface area contributed by atoms with Gasteiger partial charge in [-0.25, -0.2) is 0 Å². The molecule has 222 valence electrons. The third-order valence-corrected chi connectivity index (χ3v) is 11.2. The maximum Gasteiger partial charge on any atom is 0.252 e. The molecule has 0 unspecified atom stereocenters. The van der Waals surface area contributed by atoms with Gasteiger partial charge >= 0.3 is 0 Å². The fourth-order valence-electron chi connectivity index (χ4n) is 9.06. The fraction of sp³-hybridized carbons (Fsp3) is 0.286. The van der Waals surface area contributed by atoms with Crippen LogP contribution in [0.5, 0.6) is 0 Å². The van der Waals surface area contributed by atoms with Gasteiger partial charge in [0, 0.05) is 34.1 Å². The zero-order valence-corrected chi connectivity index (χ0v) is 26.2. The van der Waals surface area contributed by atoms with Crippen LogP contribution < -0.4 is 26.2 Å². The third kappa shape index (κ3) is 4.54. The molecule has 2 aliphatic heterocycles. The quantitative estimate of drug-likeness (QED) is 0.190. The summed E-state index contributed by atoms with van der Waals surface area (Å²) in [6.07, 6.45) is 13.5. The van der Waals surface area contributed by atoms with Crippen LogP contribution in [0.3, 0.4) is 0 Å². The minimum Gasteiger partial charge on any atom is -0.311 e. The second-order valence-corrected chi connectivity index (χ2v) is 13.8. The molecule has 2 aliphatic carbocycles. The van der Waals surface area contributed by atoms with Crippen LogP contribution in [0, 0.1) is 0 Å². The maximum absolute atomic E-state index is 2.61. The van der Waals surface area contributed by atoms with E-state index in [-0.39, 0.29) is 6.71 Å². The van der Waals surface area contributed by atoms with Gasteiger partial charge in [-0.2, -0.15) is 0 Å². The minimum atomic E-state index is 0.198. The Kier molecular flexibility index (Phi) is 6.80. The highest BCUT2D eigenvalue weighted by Gasteiger charge is 2.43. The minimum absolute atomic E-state index is 0.198. The third-order valence-electron chi connectivity index (χ3n) is 11.2. The number of para-hydroxylation sites is 2. The first kappa shape index (κ1) is 27.1. The van der Waals surface area contributed by atoms with Gasteiger partial charge in [-0.3, -0.25) is 0 Å². The second kappa shape index (κ2) is 11.3. The monoisotopic (exact) mass is 584 g/mol. The smallest absolute Gasteiger partial charge is 0.252 e. The fourth-order valence-corrected chi connectivity index (χ4v) is 9.06. The predicted molar refractivity (Wildman–Crippen MR) is 192 cm³/mol. The summed E-state index contributed by atoms with van der Waals surface area (Å²) in [5.74, 6) is 1.38. The van der Waals surface area contributed by atoms with Crippen LogP contribution in [0.2, 0.25) is 0 Å². The first-order valence-corrected chi connectivity index (χ1v) is 17.5. The molecule has 9 rings (SSSR count).